The number of esters is 2. The van der Waals surface area contributed by atoms with Crippen LogP contribution in [-0.2, 0) is 23.9 Å². The monoisotopic (exact) mass is 420 g/mol. The van der Waals surface area contributed by atoms with E-state index in [9.17, 15) is 19.5 Å². The van der Waals surface area contributed by atoms with Crippen LogP contribution in [0.25, 0.3) is 0 Å². The van der Waals surface area contributed by atoms with Gasteiger partial charge in [-0.1, -0.05) is 27.7 Å². The number of fused-ring (bicyclic) bond motifs is 5. The van der Waals surface area contributed by atoms with E-state index in [1.807, 2.05) is 6.92 Å². The predicted molar refractivity (Wildman–Crippen MR) is 109 cm³/mol. The molecule has 9 unspecified atom stereocenters. The zero-order chi connectivity index (χ0) is 22.3. The number of aliphatic hydroxyl groups is 1. The summed E-state index contributed by atoms with van der Waals surface area (Å²) in [6, 6.07) is 0. The van der Waals surface area contributed by atoms with Crippen LogP contribution in [0.1, 0.15) is 73.6 Å². The highest BCUT2D eigenvalue weighted by molar-refractivity contribution is 5.89. The standard InChI is InChI=1S/C24H36O6/c1-13(12-29-14(2)25)24(28)8-7-21(4)11-18(30-15(3)26)23(6)10-17(27)22(5)9-16(22)19(23)20(21)24/h13,16,18-20,28H,7-12H2,1-6H3. The Hall–Kier alpha value is -1.43. The van der Waals surface area contributed by atoms with E-state index in [0.717, 1.165) is 12.8 Å². The van der Waals surface area contributed by atoms with Gasteiger partial charge in [0, 0.05) is 37.0 Å². The fourth-order valence-corrected chi connectivity index (χ4v) is 7.66. The van der Waals surface area contributed by atoms with Crippen molar-refractivity contribution in [3.8, 4) is 0 Å². The number of ether oxygens (including phenoxy) is 2. The maximum Gasteiger partial charge on any atom is 0.302 e. The largest absolute Gasteiger partial charge is 0.465 e. The van der Waals surface area contributed by atoms with E-state index in [0.29, 0.717) is 19.3 Å². The zero-order valence-corrected chi connectivity index (χ0v) is 19.1. The zero-order valence-electron chi connectivity index (χ0n) is 19.1. The number of carbonyl (C=O) groups is 3. The van der Waals surface area contributed by atoms with Gasteiger partial charge in [0.2, 0.25) is 0 Å². The summed E-state index contributed by atoms with van der Waals surface area (Å²) in [7, 11) is 0. The van der Waals surface area contributed by atoms with Gasteiger partial charge in [0.1, 0.15) is 11.9 Å². The van der Waals surface area contributed by atoms with Gasteiger partial charge < -0.3 is 14.6 Å². The van der Waals surface area contributed by atoms with Crippen LogP contribution < -0.4 is 0 Å². The highest BCUT2D eigenvalue weighted by Gasteiger charge is 2.76. The fourth-order valence-electron chi connectivity index (χ4n) is 7.66. The molecule has 0 bridgehead atoms. The van der Waals surface area contributed by atoms with Crippen molar-refractivity contribution in [3.05, 3.63) is 0 Å². The van der Waals surface area contributed by atoms with Crippen molar-refractivity contribution in [2.45, 2.75) is 85.4 Å². The average molecular weight is 421 g/mol. The fraction of sp³-hybridized carbons (Fsp3) is 0.875. The Bertz CT molecular complexity index is 793. The summed E-state index contributed by atoms with van der Waals surface area (Å²) in [4.78, 5) is 36.4. The van der Waals surface area contributed by atoms with Gasteiger partial charge in [-0.05, 0) is 48.9 Å². The van der Waals surface area contributed by atoms with Crippen molar-refractivity contribution >= 4 is 17.7 Å². The SMILES string of the molecule is CC(=O)OCC(C)C1(O)CCC2(C)CC(OC(C)=O)C3(C)CC(=O)C4(C)CC4C3C21. The van der Waals surface area contributed by atoms with Gasteiger partial charge in [-0.25, -0.2) is 0 Å². The molecule has 0 heterocycles. The lowest BCUT2D eigenvalue weighted by molar-refractivity contribution is -0.213. The molecule has 30 heavy (non-hydrogen) atoms. The third kappa shape index (κ3) is 2.89. The van der Waals surface area contributed by atoms with Gasteiger partial charge >= 0.3 is 11.9 Å². The van der Waals surface area contributed by atoms with Crippen LogP contribution in [-0.4, -0.2) is 41.1 Å². The molecule has 4 saturated carbocycles. The minimum atomic E-state index is -0.971. The molecule has 0 radical (unpaired) electrons. The molecule has 9 atom stereocenters. The first-order valence-corrected chi connectivity index (χ1v) is 11.3. The van der Waals surface area contributed by atoms with Crippen molar-refractivity contribution in [2.24, 2.45) is 39.9 Å². The first-order valence-electron chi connectivity index (χ1n) is 11.3. The molecule has 0 aliphatic heterocycles. The molecule has 168 valence electrons. The molecule has 0 saturated heterocycles. The molecule has 6 nitrogen and oxygen atoms in total. The van der Waals surface area contributed by atoms with E-state index >= 15 is 0 Å². The van der Waals surface area contributed by atoms with Crippen LogP contribution in [0.3, 0.4) is 0 Å². The van der Waals surface area contributed by atoms with Crippen molar-refractivity contribution < 1.29 is 29.0 Å². The Morgan fingerprint density at radius 2 is 1.80 bits per heavy atom. The summed E-state index contributed by atoms with van der Waals surface area (Å²) < 4.78 is 11.1. The molecule has 0 aromatic rings. The lowest BCUT2D eigenvalue weighted by Crippen LogP contribution is -2.63. The molecular formula is C24H36O6. The molecule has 0 amide bonds. The van der Waals surface area contributed by atoms with E-state index in [-0.39, 0.29) is 64.9 Å². The van der Waals surface area contributed by atoms with E-state index in [4.69, 9.17) is 9.47 Å². The van der Waals surface area contributed by atoms with Gasteiger partial charge in [-0.15, -0.1) is 0 Å². The number of ketones is 1. The van der Waals surface area contributed by atoms with Crippen LogP contribution in [0.15, 0.2) is 0 Å². The van der Waals surface area contributed by atoms with Gasteiger partial charge in [-0.2, -0.15) is 0 Å². The predicted octanol–water partition coefficient (Wildman–Crippen LogP) is 3.29. The Morgan fingerprint density at radius 1 is 1.13 bits per heavy atom. The lowest BCUT2D eigenvalue weighted by Gasteiger charge is -2.60. The molecule has 4 fully saturated rings. The third-order valence-corrected chi connectivity index (χ3v) is 9.51. The lowest BCUT2D eigenvalue weighted by atomic mass is 9.45. The normalized spacial score (nSPS) is 50.0. The Balaban J connectivity index is 1.76. The van der Waals surface area contributed by atoms with E-state index < -0.39 is 11.0 Å². The number of carbonyl (C=O) groups excluding carboxylic acids is 3. The minimum absolute atomic E-state index is 0.0210. The van der Waals surface area contributed by atoms with Gasteiger partial charge in [0.05, 0.1) is 12.2 Å². The molecule has 0 aromatic heterocycles. The van der Waals surface area contributed by atoms with Crippen molar-refractivity contribution in [3.63, 3.8) is 0 Å². The van der Waals surface area contributed by atoms with E-state index in [1.54, 1.807) is 0 Å². The molecule has 4 aliphatic carbocycles. The number of Topliss-reactive ketones (excluding diaryl/α,β-unsaturated/α-hetero) is 1. The summed E-state index contributed by atoms with van der Waals surface area (Å²) in [5, 5.41) is 12.1. The van der Waals surface area contributed by atoms with Gasteiger partial charge in [-0.3, -0.25) is 14.4 Å². The number of rotatable bonds is 4. The summed E-state index contributed by atoms with van der Waals surface area (Å²) >= 11 is 0. The van der Waals surface area contributed by atoms with Crippen molar-refractivity contribution in [1.82, 2.24) is 0 Å². The Morgan fingerprint density at radius 3 is 2.40 bits per heavy atom. The molecule has 4 aliphatic rings. The van der Waals surface area contributed by atoms with E-state index in [2.05, 4.69) is 20.8 Å². The summed E-state index contributed by atoms with van der Waals surface area (Å²) in [5.41, 5.74) is -1.95. The van der Waals surface area contributed by atoms with Gasteiger partial charge in [0.15, 0.2) is 0 Å². The van der Waals surface area contributed by atoms with Crippen LogP contribution in [0.2, 0.25) is 0 Å². The second-order valence-corrected chi connectivity index (χ2v) is 11.5. The topological polar surface area (TPSA) is 89.9 Å². The maximum absolute atomic E-state index is 13.0. The second-order valence-electron chi connectivity index (χ2n) is 11.5. The highest BCUT2D eigenvalue weighted by atomic mass is 16.5. The minimum Gasteiger partial charge on any atom is -0.465 e. The van der Waals surface area contributed by atoms with Crippen molar-refractivity contribution in [1.29, 1.82) is 0 Å². The van der Waals surface area contributed by atoms with Crippen LogP contribution in [0, 0.1) is 39.9 Å². The van der Waals surface area contributed by atoms with Crippen LogP contribution >= 0.6 is 0 Å². The smallest absolute Gasteiger partial charge is 0.302 e. The Kier molecular flexibility index (Phi) is 4.75. The summed E-state index contributed by atoms with van der Waals surface area (Å²) in [6.45, 7) is 11.3. The van der Waals surface area contributed by atoms with Gasteiger partial charge in [0.25, 0.3) is 0 Å². The second kappa shape index (κ2) is 6.54. The average Bonchev–Trinajstić information content (AvgIpc) is 3.25. The summed E-state index contributed by atoms with van der Waals surface area (Å²) in [5.74, 6) is -0.311. The first-order chi connectivity index (χ1) is 13.8. The maximum atomic E-state index is 13.0. The summed E-state index contributed by atoms with van der Waals surface area (Å²) in [6.07, 6.45) is 3.04. The quantitative estimate of drug-likeness (QED) is 0.702. The molecule has 0 spiro atoms. The van der Waals surface area contributed by atoms with E-state index in [1.165, 1.54) is 13.8 Å². The molecule has 6 heteroatoms. The number of hydrogen-bond acceptors (Lipinski definition) is 6. The Labute approximate surface area is 179 Å². The van der Waals surface area contributed by atoms with Crippen molar-refractivity contribution in [2.75, 3.05) is 6.61 Å². The first kappa shape index (κ1) is 21.8. The molecule has 4 rings (SSSR count). The van der Waals surface area contributed by atoms with Crippen LogP contribution in [0.5, 0.6) is 0 Å². The third-order valence-electron chi connectivity index (χ3n) is 9.51. The highest BCUT2D eigenvalue weighted by Crippen LogP contribution is 2.76. The van der Waals surface area contributed by atoms with Crippen LogP contribution in [0.4, 0.5) is 0 Å². The number of hydrogen-bond donors (Lipinski definition) is 1. The molecule has 0 aromatic carbocycles. The molecular weight excluding hydrogens is 384 g/mol. The molecule has 1 N–H and O–H groups in total.